The minimum Gasteiger partial charge on any atom is -0.493 e. The molecule has 166 valence electrons. The number of nitrogens with one attached hydrogen (secondary N) is 1. The molecule has 1 amide bonds. The number of nitrogens with zero attached hydrogens (tertiary/aromatic N) is 1. The van der Waals surface area contributed by atoms with E-state index in [1.807, 2.05) is 36.4 Å². The third-order valence-corrected chi connectivity index (χ3v) is 5.42. The van der Waals surface area contributed by atoms with Crippen LogP contribution in [0.2, 0.25) is 0 Å². The maximum Gasteiger partial charge on any atom is 0.220 e. The molecule has 2 aromatic carbocycles. The molecule has 2 heterocycles. The van der Waals surface area contributed by atoms with E-state index in [-0.39, 0.29) is 17.8 Å². The Morgan fingerprint density at radius 1 is 1.16 bits per heavy atom. The third kappa shape index (κ3) is 4.82. The zero-order chi connectivity index (χ0) is 22.5. The third-order valence-electron chi connectivity index (χ3n) is 5.42. The summed E-state index contributed by atoms with van der Waals surface area (Å²) in [5, 5.41) is 2.93. The van der Waals surface area contributed by atoms with Gasteiger partial charge in [0.1, 0.15) is 17.7 Å². The molecule has 1 aliphatic rings. The van der Waals surface area contributed by atoms with Crippen molar-refractivity contribution in [3.05, 3.63) is 71.7 Å². The smallest absolute Gasteiger partial charge is 0.220 e. The van der Waals surface area contributed by atoms with Crippen molar-refractivity contribution in [1.82, 2.24) is 10.3 Å². The molecule has 0 aliphatic carbocycles. The number of aromatic nitrogens is 1. The quantitative estimate of drug-likeness (QED) is 0.579. The zero-order valence-electron chi connectivity index (χ0n) is 18.1. The van der Waals surface area contributed by atoms with E-state index in [4.69, 9.17) is 14.2 Å². The standard InChI is InChI=1S/C25H25FN2O4/c1-30-22-8-6-16(11-23(22)31-2)7-9-24(29)28-15-19-13-17-12-18(26)14-20(25(17)32-19)21-5-3-4-10-27-21/h3-6,8,10-12,14,19H,7,9,13,15H2,1-2H3,(H,28,29)/t19-/m0/s1. The number of aryl methyl sites for hydroxylation is 1. The number of hydrogen-bond donors (Lipinski definition) is 1. The number of carbonyl (C=O) groups excluding carboxylic acids is 1. The lowest BCUT2D eigenvalue weighted by molar-refractivity contribution is -0.121. The van der Waals surface area contributed by atoms with E-state index in [1.165, 1.54) is 12.1 Å². The average molecular weight is 436 g/mol. The van der Waals surface area contributed by atoms with Crippen LogP contribution in [0.5, 0.6) is 17.2 Å². The van der Waals surface area contributed by atoms with Crippen molar-refractivity contribution in [3.63, 3.8) is 0 Å². The van der Waals surface area contributed by atoms with E-state index in [9.17, 15) is 9.18 Å². The number of rotatable bonds is 8. The molecule has 32 heavy (non-hydrogen) atoms. The molecule has 1 aliphatic heterocycles. The van der Waals surface area contributed by atoms with Gasteiger partial charge in [-0.05, 0) is 48.4 Å². The number of carbonyl (C=O) groups is 1. The highest BCUT2D eigenvalue weighted by molar-refractivity contribution is 5.76. The predicted octanol–water partition coefficient (Wildman–Crippen LogP) is 3.96. The maximum atomic E-state index is 14.1. The summed E-state index contributed by atoms with van der Waals surface area (Å²) < 4.78 is 30.8. The van der Waals surface area contributed by atoms with Crippen molar-refractivity contribution in [2.24, 2.45) is 0 Å². The highest BCUT2D eigenvalue weighted by Gasteiger charge is 2.27. The molecule has 6 nitrogen and oxygen atoms in total. The summed E-state index contributed by atoms with van der Waals surface area (Å²) in [7, 11) is 3.17. The van der Waals surface area contributed by atoms with Gasteiger partial charge in [0.15, 0.2) is 11.5 Å². The lowest BCUT2D eigenvalue weighted by atomic mass is 10.0. The van der Waals surface area contributed by atoms with Crippen molar-refractivity contribution in [3.8, 4) is 28.5 Å². The van der Waals surface area contributed by atoms with Gasteiger partial charge in [0, 0.05) is 30.2 Å². The molecule has 0 spiro atoms. The van der Waals surface area contributed by atoms with Gasteiger partial charge in [0.2, 0.25) is 5.91 Å². The number of fused-ring (bicyclic) bond motifs is 1. The van der Waals surface area contributed by atoms with Crippen molar-refractivity contribution in [2.45, 2.75) is 25.4 Å². The lowest BCUT2D eigenvalue weighted by Crippen LogP contribution is -2.34. The Kier molecular flexibility index (Phi) is 6.54. The van der Waals surface area contributed by atoms with Gasteiger partial charge >= 0.3 is 0 Å². The fraction of sp³-hybridized carbons (Fsp3) is 0.280. The number of benzene rings is 2. The number of amides is 1. The van der Waals surface area contributed by atoms with Crippen LogP contribution in [0, 0.1) is 5.82 Å². The van der Waals surface area contributed by atoms with Crippen LogP contribution in [0.4, 0.5) is 4.39 Å². The summed E-state index contributed by atoms with van der Waals surface area (Å²) in [6.07, 6.45) is 2.86. The van der Waals surface area contributed by atoms with Crippen molar-refractivity contribution in [1.29, 1.82) is 0 Å². The number of methoxy groups -OCH3 is 2. The summed E-state index contributed by atoms with van der Waals surface area (Å²) in [6, 6.07) is 14.0. The molecule has 1 N–H and O–H groups in total. The van der Waals surface area contributed by atoms with Crippen LogP contribution in [0.1, 0.15) is 17.5 Å². The highest BCUT2D eigenvalue weighted by atomic mass is 19.1. The molecule has 1 aromatic heterocycles. The Labute approximate surface area is 186 Å². The van der Waals surface area contributed by atoms with Gasteiger partial charge in [-0.15, -0.1) is 0 Å². The first-order chi connectivity index (χ1) is 15.6. The number of halogens is 1. The van der Waals surface area contributed by atoms with Crippen molar-refractivity contribution >= 4 is 5.91 Å². The molecule has 0 saturated heterocycles. The first kappa shape index (κ1) is 21.6. The first-order valence-corrected chi connectivity index (χ1v) is 10.5. The van der Waals surface area contributed by atoms with Crippen LogP contribution in [0.3, 0.4) is 0 Å². The molecule has 7 heteroatoms. The molecule has 4 rings (SSSR count). The maximum absolute atomic E-state index is 14.1. The fourth-order valence-corrected chi connectivity index (χ4v) is 3.83. The van der Waals surface area contributed by atoms with Gasteiger partial charge in [-0.25, -0.2) is 4.39 Å². The number of pyridine rings is 1. The van der Waals surface area contributed by atoms with Crippen LogP contribution in [-0.2, 0) is 17.6 Å². The van der Waals surface area contributed by atoms with Gasteiger partial charge in [-0.2, -0.15) is 0 Å². The molecule has 1 atom stereocenters. The summed E-state index contributed by atoms with van der Waals surface area (Å²) in [5.41, 5.74) is 3.05. The minimum atomic E-state index is -0.326. The summed E-state index contributed by atoms with van der Waals surface area (Å²) in [4.78, 5) is 16.7. The zero-order valence-corrected chi connectivity index (χ0v) is 18.1. The van der Waals surface area contributed by atoms with Crippen LogP contribution in [0.15, 0.2) is 54.7 Å². The number of ether oxygens (including phenoxy) is 3. The van der Waals surface area contributed by atoms with Crippen LogP contribution in [0.25, 0.3) is 11.3 Å². The SMILES string of the molecule is COc1ccc(CCC(=O)NC[C@@H]2Cc3cc(F)cc(-c4ccccn4)c3O2)cc1OC. The topological polar surface area (TPSA) is 69.7 Å². The second kappa shape index (κ2) is 9.68. The van der Waals surface area contributed by atoms with E-state index in [0.717, 1.165) is 11.1 Å². The Bertz CT molecular complexity index is 1100. The molecule has 0 saturated carbocycles. The molecule has 0 radical (unpaired) electrons. The van der Waals surface area contributed by atoms with Crippen molar-refractivity contribution in [2.75, 3.05) is 20.8 Å². The first-order valence-electron chi connectivity index (χ1n) is 10.5. The Morgan fingerprint density at radius 3 is 2.75 bits per heavy atom. The van der Waals surface area contributed by atoms with E-state index in [1.54, 1.807) is 20.4 Å². The van der Waals surface area contributed by atoms with Gasteiger partial charge < -0.3 is 19.5 Å². The molecule has 0 fully saturated rings. The van der Waals surface area contributed by atoms with Crippen LogP contribution < -0.4 is 19.5 Å². The van der Waals surface area contributed by atoms with Gasteiger partial charge in [0.25, 0.3) is 0 Å². The molecule has 0 bridgehead atoms. The van der Waals surface area contributed by atoms with Crippen LogP contribution in [-0.4, -0.2) is 37.8 Å². The Morgan fingerprint density at radius 2 is 2.00 bits per heavy atom. The fourth-order valence-electron chi connectivity index (χ4n) is 3.83. The minimum absolute atomic E-state index is 0.0736. The van der Waals surface area contributed by atoms with Crippen molar-refractivity contribution < 1.29 is 23.4 Å². The Hall–Kier alpha value is -3.61. The monoisotopic (exact) mass is 436 g/mol. The predicted molar refractivity (Wildman–Crippen MR) is 119 cm³/mol. The van der Waals surface area contributed by atoms with E-state index in [2.05, 4.69) is 10.3 Å². The van der Waals surface area contributed by atoms with Crippen LogP contribution >= 0.6 is 0 Å². The number of hydrogen-bond acceptors (Lipinski definition) is 5. The summed E-state index contributed by atoms with van der Waals surface area (Å²) >= 11 is 0. The van der Waals surface area contributed by atoms with E-state index in [0.29, 0.717) is 54.3 Å². The van der Waals surface area contributed by atoms with Gasteiger partial charge in [-0.3, -0.25) is 9.78 Å². The van der Waals surface area contributed by atoms with Gasteiger partial charge in [0.05, 0.1) is 26.5 Å². The largest absolute Gasteiger partial charge is 0.493 e. The molecular formula is C25H25FN2O4. The molecule has 3 aromatic rings. The van der Waals surface area contributed by atoms with E-state index >= 15 is 0 Å². The lowest BCUT2D eigenvalue weighted by Gasteiger charge is -2.14. The normalized spacial score (nSPS) is 14.4. The van der Waals surface area contributed by atoms with Gasteiger partial charge in [-0.1, -0.05) is 12.1 Å². The second-order valence-corrected chi connectivity index (χ2v) is 7.59. The second-order valence-electron chi connectivity index (χ2n) is 7.59. The Balaban J connectivity index is 1.33. The molecular weight excluding hydrogens is 411 g/mol. The highest BCUT2D eigenvalue weighted by Crippen LogP contribution is 2.38. The van der Waals surface area contributed by atoms with E-state index < -0.39 is 0 Å². The summed E-state index contributed by atoms with van der Waals surface area (Å²) in [5.74, 6) is 1.52. The molecule has 0 unspecified atom stereocenters. The summed E-state index contributed by atoms with van der Waals surface area (Å²) in [6.45, 7) is 0.350. The average Bonchev–Trinajstić information content (AvgIpc) is 3.23.